The first kappa shape index (κ1) is 18.2. The highest BCUT2D eigenvalue weighted by Gasteiger charge is 2.25. The molecule has 0 bridgehead atoms. The SMILES string of the molecule is CNC(=O)[C@@H]1CN(Cc2ccc(Oc3ccc(F)cc3F)cn2)CCO1. The number of benzene rings is 1. The lowest BCUT2D eigenvalue weighted by Gasteiger charge is -2.31. The zero-order chi connectivity index (χ0) is 18.5. The van der Waals surface area contributed by atoms with Crippen molar-refractivity contribution in [3.63, 3.8) is 0 Å². The Balaban J connectivity index is 1.60. The van der Waals surface area contributed by atoms with Crippen LogP contribution in [-0.2, 0) is 16.1 Å². The van der Waals surface area contributed by atoms with E-state index in [1.165, 1.54) is 12.3 Å². The second-order valence-electron chi connectivity index (χ2n) is 5.87. The molecule has 3 rings (SSSR count). The smallest absolute Gasteiger partial charge is 0.250 e. The Labute approximate surface area is 149 Å². The summed E-state index contributed by atoms with van der Waals surface area (Å²) in [6, 6.07) is 6.55. The highest BCUT2D eigenvalue weighted by Crippen LogP contribution is 2.24. The van der Waals surface area contributed by atoms with Gasteiger partial charge >= 0.3 is 0 Å². The van der Waals surface area contributed by atoms with Crippen molar-refractivity contribution in [2.75, 3.05) is 26.7 Å². The van der Waals surface area contributed by atoms with E-state index < -0.39 is 17.7 Å². The summed E-state index contributed by atoms with van der Waals surface area (Å²) in [6.45, 7) is 2.22. The number of amides is 1. The first-order valence-electron chi connectivity index (χ1n) is 8.18. The van der Waals surface area contributed by atoms with Crippen molar-refractivity contribution in [3.05, 3.63) is 53.9 Å². The maximum absolute atomic E-state index is 13.6. The fourth-order valence-electron chi connectivity index (χ4n) is 2.64. The number of halogens is 2. The molecule has 1 N–H and O–H groups in total. The average molecular weight is 363 g/mol. The van der Waals surface area contributed by atoms with Gasteiger partial charge in [-0.15, -0.1) is 0 Å². The van der Waals surface area contributed by atoms with Crippen LogP contribution in [0.4, 0.5) is 8.78 Å². The van der Waals surface area contributed by atoms with E-state index in [0.717, 1.165) is 17.8 Å². The van der Waals surface area contributed by atoms with Gasteiger partial charge in [-0.05, 0) is 24.3 Å². The van der Waals surface area contributed by atoms with Crippen LogP contribution in [0.2, 0.25) is 0 Å². The number of nitrogens with zero attached hydrogens (tertiary/aromatic N) is 2. The number of pyridine rings is 1. The highest BCUT2D eigenvalue weighted by atomic mass is 19.1. The summed E-state index contributed by atoms with van der Waals surface area (Å²) in [6.07, 6.45) is 0.993. The van der Waals surface area contributed by atoms with Gasteiger partial charge in [0.15, 0.2) is 11.6 Å². The number of hydrogen-bond donors (Lipinski definition) is 1. The van der Waals surface area contributed by atoms with E-state index in [1.54, 1.807) is 19.2 Å². The summed E-state index contributed by atoms with van der Waals surface area (Å²) < 4.78 is 37.4. The van der Waals surface area contributed by atoms with Crippen LogP contribution in [0.15, 0.2) is 36.5 Å². The molecule has 1 atom stereocenters. The summed E-state index contributed by atoms with van der Waals surface area (Å²) in [4.78, 5) is 18.1. The molecule has 1 aromatic carbocycles. The first-order chi connectivity index (χ1) is 12.5. The molecule has 1 aliphatic heterocycles. The molecule has 1 fully saturated rings. The minimum absolute atomic E-state index is 0.0671. The summed E-state index contributed by atoms with van der Waals surface area (Å²) in [5.41, 5.74) is 0.787. The summed E-state index contributed by atoms with van der Waals surface area (Å²) in [5, 5.41) is 2.58. The number of aromatic nitrogens is 1. The summed E-state index contributed by atoms with van der Waals surface area (Å²) in [7, 11) is 1.58. The molecule has 6 nitrogen and oxygen atoms in total. The van der Waals surface area contributed by atoms with Gasteiger partial charge < -0.3 is 14.8 Å². The number of ether oxygens (including phenoxy) is 2. The van der Waals surface area contributed by atoms with E-state index in [2.05, 4.69) is 15.2 Å². The van der Waals surface area contributed by atoms with Crippen molar-refractivity contribution in [2.45, 2.75) is 12.6 Å². The second-order valence-corrected chi connectivity index (χ2v) is 5.87. The van der Waals surface area contributed by atoms with Crippen LogP contribution in [-0.4, -0.2) is 48.6 Å². The summed E-state index contributed by atoms with van der Waals surface area (Å²) >= 11 is 0. The molecular weight excluding hydrogens is 344 g/mol. The van der Waals surface area contributed by atoms with Crippen LogP contribution >= 0.6 is 0 Å². The Hall–Kier alpha value is -2.58. The minimum atomic E-state index is -0.775. The number of rotatable bonds is 5. The Kier molecular flexibility index (Phi) is 5.75. The van der Waals surface area contributed by atoms with Crippen LogP contribution in [0.3, 0.4) is 0 Å². The third kappa shape index (κ3) is 4.53. The molecular formula is C18H19F2N3O3. The van der Waals surface area contributed by atoms with E-state index in [4.69, 9.17) is 9.47 Å². The van der Waals surface area contributed by atoms with Crippen molar-refractivity contribution in [1.29, 1.82) is 0 Å². The second kappa shape index (κ2) is 8.20. The maximum atomic E-state index is 13.6. The predicted octanol–water partition coefficient (Wildman–Crippen LogP) is 2.10. The van der Waals surface area contributed by atoms with E-state index >= 15 is 0 Å². The lowest BCUT2D eigenvalue weighted by Crippen LogP contribution is -2.48. The van der Waals surface area contributed by atoms with Crippen LogP contribution < -0.4 is 10.1 Å². The van der Waals surface area contributed by atoms with Crippen molar-refractivity contribution in [3.8, 4) is 11.5 Å². The molecule has 2 aromatic rings. The average Bonchev–Trinajstić information content (AvgIpc) is 2.65. The van der Waals surface area contributed by atoms with Gasteiger partial charge in [0.25, 0.3) is 0 Å². The molecule has 138 valence electrons. The molecule has 1 saturated heterocycles. The van der Waals surface area contributed by atoms with Gasteiger partial charge in [-0.2, -0.15) is 0 Å². The zero-order valence-electron chi connectivity index (χ0n) is 14.2. The Bertz CT molecular complexity index is 771. The molecule has 1 amide bonds. The third-order valence-corrected chi connectivity index (χ3v) is 3.99. The van der Waals surface area contributed by atoms with Crippen molar-refractivity contribution < 1.29 is 23.0 Å². The molecule has 1 aromatic heterocycles. The molecule has 0 aliphatic carbocycles. The zero-order valence-corrected chi connectivity index (χ0v) is 14.2. The molecule has 8 heteroatoms. The van der Waals surface area contributed by atoms with Gasteiger partial charge in [0.05, 0.1) is 18.5 Å². The van der Waals surface area contributed by atoms with Crippen molar-refractivity contribution >= 4 is 5.91 Å². The molecule has 0 radical (unpaired) electrons. The van der Waals surface area contributed by atoms with Crippen LogP contribution in [0.25, 0.3) is 0 Å². The number of carbonyl (C=O) groups excluding carboxylic acids is 1. The standard InChI is InChI=1S/C18H19F2N3O3/c1-21-18(24)17-11-23(6-7-25-17)10-13-3-4-14(9-22-13)26-16-5-2-12(19)8-15(16)20/h2-5,8-9,17H,6-7,10-11H2,1H3,(H,21,24)/t17-/m0/s1. The van der Waals surface area contributed by atoms with Gasteiger partial charge in [0, 0.05) is 32.7 Å². The molecule has 0 saturated carbocycles. The van der Waals surface area contributed by atoms with E-state index in [0.29, 0.717) is 32.0 Å². The predicted molar refractivity (Wildman–Crippen MR) is 89.8 cm³/mol. The van der Waals surface area contributed by atoms with Crippen LogP contribution in [0.5, 0.6) is 11.5 Å². The van der Waals surface area contributed by atoms with Crippen LogP contribution in [0, 0.1) is 11.6 Å². The lowest BCUT2D eigenvalue weighted by atomic mass is 10.2. The van der Waals surface area contributed by atoms with E-state index in [-0.39, 0.29) is 11.7 Å². The Morgan fingerprint density at radius 1 is 1.38 bits per heavy atom. The number of likely N-dealkylation sites (N-methyl/N-ethyl adjacent to an activating group) is 1. The number of carbonyl (C=O) groups is 1. The van der Waals surface area contributed by atoms with Crippen molar-refractivity contribution in [2.24, 2.45) is 0 Å². The number of hydrogen-bond acceptors (Lipinski definition) is 5. The quantitative estimate of drug-likeness (QED) is 0.881. The van der Waals surface area contributed by atoms with Gasteiger partial charge in [-0.1, -0.05) is 0 Å². The van der Waals surface area contributed by atoms with Gasteiger partial charge in [-0.25, -0.2) is 8.78 Å². The largest absolute Gasteiger partial charge is 0.453 e. The molecule has 0 unspecified atom stereocenters. The molecule has 2 heterocycles. The van der Waals surface area contributed by atoms with Gasteiger partial charge in [0.2, 0.25) is 5.91 Å². The van der Waals surface area contributed by atoms with E-state index in [9.17, 15) is 13.6 Å². The maximum Gasteiger partial charge on any atom is 0.250 e. The molecule has 1 aliphatic rings. The highest BCUT2D eigenvalue weighted by molar-refractivity contribution is 5.80. The molecule has 0 spiro atoms. The topological polar surface area (TPSA) is 63.7 Å². The Morgan fingerprint density at radius 3 is 2.92 bits per heavy atom. The monoisotopic (exact) mass is 363 g/mol. The molecule has 26 heavy (non-hydrogen) atoms. The fourth-order valence-corrected chi connectivity index (χ4v) is 2.64. The van der Waals surface area contributed by atoms with Crippen molar-refractivity contribution in [1.82, 2.24) is 15.2 Å². The normalized spacial score (nSPS) is 17.7. The Morgan fingerprint density at radius 2 is 2.23 bits per heavy atom. The van der Waals surface area contributed by atoms with Gasteiger partial charge in [-0.3, -0.25) is 14.7 Å². The fraction of sp³-hybridized carbons (Fsp3) is 0.333. The number of nitrogens with one attached hydrogen (secondary N) is 1. The minimum Gasteiger partial charge on any atom is -0.453 e. The summed E-state index contributed by atoms with van der Waals surface area (Å²) in [5.74, 6) is -1.30. The number of morpholine rings is 1. The van der Waals surface area contributed by atoms with Gasteiger partial charge in [0.1, 0.15) is 17.7 Å². The van der Waals surface area contributed by atoms with E-state index in [1.807, 2.05) is 0 Å². The first-order valence-corrected chi connectivity index (χ1v) is 8.18. The lowest BCUT2D eigenvalue weighted by molar-refractivity contribution is -0.138. The van der Waals surface area contributed by atoms with Crippen LogP contribution in [0.1, 0.15) is 5.69 Å². The third-order valence-electron chi connectivity index (χ3n) is 3.99.